The number of carbonyl (C=O) groups is 1. The monoisotopic (exact) mass is 278 g/mol. The van der Waals surface area contributed by atoms with E-state index < -0.39 is 0 Å². The number of furan rings is 1. The first-order valence-electron chi connectivity index (χ1n) is 7.60. The Balaban J connectivity index is 1.96. The minimum absolute atomic E-state index is 0.0891. The van der Waals surface area contributed by atoms with E-state index in [1.54, 1.807) is 0 Å². The second-order valence-corrected chi connectivity index (χ2v) is 5.81. The van der Waals surface area contributed by atoms with Crippen LogP contribution in [-0.2, 0) is 0 Å². The highest BCUT2D eigenvalue weighted by Gasteiger charge is 2.28. The lowest BCUT2D eigenvalue weighted by Crippen LogP contribution is -2.43. The number of hydrogen-bond acceptors (Lipinski definition) is 3. The number of carbonyl (C=O) groups excluding carboxylic acids is 1. The van der Waals surface area contributed by atoms with Gasteiger partial charge in [-0.05, 0) is 52.1 Å². The fourth-order valence-electron chi connectivity index (χ4n) is 3.15. The molecule has 4 nitrogen and oxygen atoms in total. The van der Waals surface area contributed by atoms with Gasteiger partial charge in [0.1, 0.15) is 11.5 Å². The Morgan fingerprint density at radius 3 is 2.50 bits per heavy atom. The highest BCUT2D eigenvalue weighted by atomic mass is 16.3. The summed E-state index contributed by atoms with van der Waals surface area (Å²) in [7, 11) is 1.92. The molecule has 1 aliphatic carbocycles. The zero-order chi connectivity index (χ0) is 14.7. The van der Waals surface area contributed by atoms with Crippen molar-refractivity contribution in [2.45, 2.75) is 58.5 Å². The molecule has 1 heterocycles. The molecule has 4 heteroatoms. The van der Waals surface area contributed by atoms with Gasteiger partial charge in [0.25, 0.3) is 5.91 Å². The molecule has 0 radical (unpaired) electrons. The molecule has 1 fully saturated rings. The predicted octanol–water partition coefficient (Wildman–Crippen LogP) is 2.89. The molecule has 1 N–H and O–H groups in total. The molecule has 2 rings (SSSR count). The summed E-state index contributed by atoms with van der Waals surface area (Å²) >= 11 is 0. The summed E-state index contributed by atoms with van der Waals surface area (Å²) in [4.78, 5) is 14.4. The van der Waals surface area contributed by atoms with Crippen LogP contribution in [0.1, 0.15) is 54.5 Å². The topological polar surface area (TPSA) is 45.5 Å². The number of hydrogen-bond donors (Lipinski definition) is 1. The molecule has 0 bridgehead atoms. The SMILES string of the molecule is CCNC1CCC(N(C)C(=O)c2cc(C)oc2C)CC1. The fourth-order valence-corrected chi connectivity index (χ4v) is 3.15. The predicted molar refractivity (Wildman–Crippen MR) is 80.0 cm³/mol. The number of nitrogens with one attached hydrogen (secondary N) is 1. The lowest BCUT2D eigenvalue weighted by molar-refractivity contribution is 0.0683. The zero-order valence-corrected chi connectivity index (χ0v) is 13.0. The molecule has 0 aromatic carbocycles. The van der Waals surface area contributed by atoms with Gasteiger partial charge in [-0.1, -0.05) is 6.92 Å². The Labute approximate surface area is 121 Å². The lowest BCUT2D eigenvalue weighted by Gasteiger charge is -2.35. The van der Waals surface area contributed by atoms with Crippen LogP contribution in [0.15, 0.2) is 10.5 Å². The highest BCUT2D eigenvalue weighted by molar-refractivity contribution is 5.95. The molecule has 1 aromatic rings. The van der Waals surface area contributed by atoms with Crippen molar-refractivity contribution in [1.82, 2.24) is 10.2 Å². The van der Waals surface area contributed by atoms with Crippen LogP contribution >= 0.6 is 0 Å². The van der Waals surface area contributed by atoms with E-state index in [0.29, 0.717) is 17.6 Å². The number of aryl methyl sites for hydroxylation is 2. The van der Waals surface area contributed by atoms with Gasteiger partial charge >= 0.3 is 0 Å². The van der Waals surface area contributed by atoms with Crippen molar-refractivity contribution in [2.75, 3.05) is 13.6 Å². The molecule has 1 aliphatic rings. The van der Waals surface area contributed by atoms with Crippen molar-refractivity contribution in [3.63, 3.8) is 0 Å². The smallest absolute Gasteiger partial charge is 0.257 e. The van der Waals surface area contributed by atoms with Crippen molar-refractivity contribution in [3.05, 3.63) is 23.2 Å². The molecule has 1 aromatic heterocycles. The summed E-state index contributed by atoms with van der Waals surface area (Å²) < 4.78 is 5.46. The van der Waals surface area contributed by atoms with Crippen molar-refractivity contribution in [3.8, 4) is 0 Å². The Morgan fingerprint density at radius 2 is 2.00 bits per heavy atom. The second-order valence-electron chi connectivity index (χ2n) is 5.81. The second kappa shape index (κ2) is 6.44. The summed E-state index contributed by atoms with van der Waals surface area (Å²) in [5.41, 5.74) is 0.707. The van der Waals surface area contributed by atoms with Crippen molar-refractivity contribution >= 4 is 5.91 Å². The van der Waals surface area contributed by atoms with Crippen LogP contribution in [0.3, 0.4) is 0 Å². The van der Waals surface area contributed by atoms with Gasteiger partial charge in [-0.2, -0.15) is 0 Å². The van der Waals surface area contributed by atoms with E-state index in [9.17, 15) is 4.79 Å². The van der Waals surface area contributed by atoms with Gasteiger partial charge in [-0.3, -0.25) is 4.79 Å². The summed E-state index contributed by atoms with van der Waals surface area (Å²) in [6.07, 6.45) is 4.46. The molecule has 0 saturated heterocycles. The molecule has 0 atom stereocenters. The number of nitrogens with zero attached hydrogens (tertiary/aromatic N) is 1. The molecule has 20 heavy (non-hydrogen) atoms. The molecule has 0 unspecified atom stereocenters. The van der Waals surface area contributed by atoms with Gasteiger partial charge in [0.05, 0.1) is 5.56 Å². The van der Waals surface area contributed by atoms with Gasteiger partial charge < -0.3 is 14.6 Å². The lowest BCUT2D eigenvalue weighted by atomic mass is 9.90. The normalized spacial score (nSPS) is 22.8. The van der Waals surface area contributed by atoms with E-state index in [-0.39, 0.29) is 5.91 Å². The standard InChI is InChI=1S/C16H26N2O2/c1-5-17-13-6-8-14(9-7-13)18(4)16(19)15-10-11(2)20-12(15)3/h10,13-14,17H,5-9H2,1-4H3. The van der Waals surface area contributed by atoms with Crippen LogP contribution in [0.25, 0.3) is 0 Å². The van der Waals surface area contributed by atoms with E-state index >= 15 is 0 Å². The van der Waals surface area contributed by atoms with Crippen LogP contribution in [0.5, 0.6) is 0 Å². The average Bonchev–Trinajstić information content (AvgIpc) is 2.77. The summed E-state index contributed by atoms with van der Waals surface area (Å²) in [5.74, 6) is 1.61. The maximum Gasteiger partial charge on any atom is 0.257 e. The Kier molecular flexibility index (Phi) is 4.86. The average molecular weight is 278 g/mol. The van der Waals surface area contributed by atoms with E-state index in [2.05, 4.69) is 12.2 Å². The molecule has 1 saturated carbocycles. The summed E-state index contributed by atoms with van der Waals surface area (Å²) in [6, 6.07) is 2.82. The van der Waals surface area contributed by atoms with Crippen molar-refractivity contribution in [2.24, 2.45) is 0 Å². The van der Waals surface area contributed by atoms with Gasteiger partial charge in [0.15, 0.2) is 0 Å². The third-order valence-electron chi connectivity index (χ3n) is 4.33. The summed E-state index contributed by atoms with van der Waals surface area (Å²) in [5, 5.41) is 3.50. The maximum atomic E-state index is 12.5. The quantitative estimate of drug-likeness (QED) is 0.921. The maximum absolute atomic E-state index is 12.5. The molecule has 0 spiro atoms. The van der Waals surface area contributed by atoms with Gasteiger partial charge in [-0.25, -0.2) is 0 Å². The Bertz CT molecular complexity index is 459. The van der Waals surface area contributed by atoms with E-state index in [1.165, 1.54) is 0 Å². The van der Waals surface area contributed by atoms with Gasteiger partial charge in [-0.15, -0.1) is 0 Å². The fraction of sp³-hybridized carbons (Fsp3) is 0.688. The van der Waals surface area contributed by atoms with Crippen molar-refractivity contribution < 1.29 is 9.21 Å². The number of rotatable bonds is 4. The summed E-state index contributed by atoms with van der Waals surface area (Å²) in [6.45, 7) is 6.91. The van der Waals surface area contributed by atoms with Crippen LogP contribution in [0, 0.1) is 13.8 Å². The molecular formula is C16H26N2O2. The minimum atomic E-state index is 0.0891. The molecule has 1 amide bonds. The Hall–Kier alpha value is -1.29. The van der Waals surface area contributed by atoms with E-state index in [4.69, 9.17) is 4.42 Å². The highest BCUT2D eigenvalue weighted by Crippen LogP contribution is 2.25. The van der Waals surface area contributed by atoms with Crippen LogP contribution < -0.4 is 5.32 Å². The molecule has 112 valence electrons. The Morgan fingerprint density at radius 1 is 1.35 bits per heavy atom. The van der Waals surface area contributed by atoms with Crippen molar-refractivity contribution in [1.29, 1.82) is 0 Å². The van der Waals surface area contributed by atoms with Gasteiger partial charge in [0, 0.05) is 19.1 Å². The minimum Gasteiger partial charge on any atom is -0.466 e. The van der Waals surface area contributed by atoms with Crippen LogP contribution in [-0.4, -0.2) is 36.5 Å². The first-order valence-corrected chi connectivity index (χ1v) is 7.60. The largest absolute Gasteiger partial charge is 0.466 e. The number of amides is 1. The first kappa shape index (κ1) is 15.1. The van der Waals surface area contributed by atoms with E-state index in [0.717, 1.165) is 43.7 Å². The zero-order valence-electron chi connectivity index (χ0n) is 13.0. The van der Waals surface area contributed by atoms with Crippen LogP contribution in [0.4, 0.5) is 0 Å². The molecule has 0 aliphatic heterocycles. The third kappa shape index (κ3) is 3.23. The first-order chi connectivity index (χ1) is 9.52. The molecular weight excluding hydrogens is 252 g/mol. The third-order valence-corrected chi connectivity index (χ3v) is 4.33. The van der Waals surface area contributed by atoms with Crippen LogP contribution in [0.2, 0.25) is 0 Å². The van der Waals surface area contributed by atoms with E-state index in [1.807, 2.05) is 31.9 Å². The van der Waals surface area contributed by atoms with Gasteiger partial charge in [0.2, 0.25) is 0 Å².